The van der Waals surface area contributed by atoms with Crippen molar-refractivity contribution >= 4 is 37.5 Å². The Morgan fingerprint density at radius 3 is 2.39 bits per heavy atom. The molecule has 0 unspecified atom stereocenters. The first-order valence-corrected chi connectivity index (χ1v) is 11.5. The number of rotatable bonds is 6. The molecule has 0 bridgehead atoms. The van der Waals surface area contributed by atoms with Crippen LogP contribution in [0.25, 0.3) is 0 Å². The van der Waals surface area contributed by atoms with Crippen LogP contribution in [-0.2, 0) is 32.3 Å². The Hall–Kier alpha value is -1.96. The number of hydrogen-bond donors (Lipinski definition) is 1. The van der Waals surface area contributed by atoms with Crippen LogP contribution in [0.15, 0.2) is 33.6 Å². The van der Waals surface area contributed by atoms with Gasteiger partial charge in [0.1, 0.15) is 0 Å². The molecule has 0 saturated carbocycles. The summed E-state index contributed by atoms with van der Waals surface area (Å²) in [5.41, 5.74) is -0.402. The maximum atomic E-state index is 12.9. The van der Waals surface area contributed by atoms with Crippen LogP contribution >= 0.6 is 15.9 Å². The molecule has 170 valence electrons. The van der Waals surface area contributed by atoms with Crippen LogP contribution in [0.5, 0.6) is 0 Å². The number of morpholine rings is 1. The van der Waals surface area contributed by atoms with Crippen molar-refractivity contribution in [2.45, 2.75) is 31.0 Å². The number of nitrogens with zero attached hydrogens (tertiary/aromatic N) is 3. The van der Waals surface area contributed by atoms with Gasteiger partial charge in [0.2, 0.25) is 15.9 Å². The standard InChI is InChI=1S/C18H20BrF3N4O4S/c1-12-16(19)17(18(20,21)22)24-26(12)7-6-15(27)23-13-2-4-14(5-3-13)31(28,29)25-8-10-30-11-9-25/h2-5H,6-11H2,1H3,(H,23,27). The SMILES string of the molecule is Cc1c(Br)c(C(F)(F)F)nn1CCC(=O)Nc1ccc(S(=O)(=O)N2CCOCC2)cc1. The van der Waals surface area contributed by atoms with Crippen molar-refractivity contribution in [2.75, 3.05) is 31.6 Å². The lowest BCUT2D eigenvalue weighted by atomic mass is 10.3. The van der Waals surface area contributed by atoms with E-state index in [1.54, 1.807) is 0 Å². The molecule has 1 amide bonds. The number of benzene rings is 1. The Morgan fingerprint density at radius 2 is 1.84 bits per heavy atom. The molecular formula is C18H20BrF3N4O4S. The van der Waals surface area contributed by atoms with Crippen LogP contribution in [0.3, 0.4) is 0 Å². The average molecular weight is 525 g/mol. The molecule has 3 rings (SSSR count). The Bertz CT molecular complexity index is 1050. The average Bonchev–Trinajstić information content (AvgIpc) is 3.02. The third kappa shape index (κ3) is 5.45. The van der Waals surface area contributed by atoms with Crippen LogP contribution in [0.1, 0.15) is 17.8 Å². The molecular weight excluding hydrogens is 505 g/mol. The minimum Gasteiger partial charge on any atom is -0.379 e. The molecule has 1 N–H and O–H groups in total. The summed E-state index contributed by atoms with van der Waals surface area (Å²) >= 11 is 2.89. The van der Waals surface area contributed by atoms with E-state index in [1.807, 2.05) is 0 Å². The van der Waals surface area contributed by atoms with Gasteiger partial charge >= 0.3 is 6.18 Å². The molecule has 8 nitrogen and oxygen atoms in total. The largest absolute Gasteiger partial charge is 0.436 e. The molecule has 1 fully saturated rings. The Morgan fingerprint density at radius 1 is 1.23 bits per heavy atom. The van der Waals surface area contributed by atoms with Crippen LogP contribution in [0.4, 0.5) is 18.9 Å². The Balaban J connectivity index is 1.60. The van der Waals surface area contributed by atoms with Crippen molar-refractivity contribution in [3.05, 3.63) is 40.1 Å². The number of ether oxygens (including phenoxy) is 1. The number of hydrogen-bond acceptors (Lipinski definition) is 5. The number of anilines is 1. The summed E-state index contributed by atoms with van der Waals surface area (Å²) in [6, 6.07) is 5.71. The second kappa shape index (κ2) is 9.27. The molecule has 1 aliphatic heterocycles. The van der Waals surface area contributed by atoms with Gasteiger partial charge in [0.05, 0.1) is 34.8 Å². The maximum absolute atomic E-state index is 12.9. The van der Waals surface area contributed by atoms with E-state index in [0.29, 0.717) is 18.9 Å². The fourth-order valence-corrected chi connectivity index (χ4v) is 4.92. The van der Waals surface area contributed by atoms with E-state index in [2.05, 4.69) is 26.3 Å². The summed E-state index contributed by atoms with van der Waals surface area (Å²) in [6.45, 7) is 2.65. The molecule has 2 aromatic rings. The summed E-state index contributed by atoms with van der Waals surface area (Å²) in [5.74, 6) is -0.441. The molecule has 13 heteroatoms. The van der Waals surface area contributed by atoms with E-state index < -0.39 is 27.8 Å². The lowest BCUT2D eigenvalue weighted by Crippen LogP contribution is -2.40. The molecule has 0 radical (unpaired) electrons. The zero-order chi connectivity index (χ0) is 22.8. The van der Waals surface area contributed by atoms with Crippen LogP contribution in [0, 0.1) is 6.92 Å². The van der Waals surface area contributed by atoms with Gasteiger partial charge in [-0.2, -0.15) is 22.6 Å². The lowest BCUT2D eigenvalue weighted by Gasteiger charge is -2.26. The van der Waals surface area contributed by atoms with E-state index in [0.717, 1.165) is 4.68 Å². The molecule has 0 atom stereocenters. The van der Waals surface area contributed by atoms with Crippen molar-refractivity contribution in [1.29, 1.82) is 0 Å². The molecule has 1 aliphatic rings. The number of halogens is 4. The van der Waals surface area contributed by atoms with Gasteiger partial charge in [-0.05, 0) is 47.1 Å². The van der Waals surface area contributed by atoms with E-state index in [1.165, 1.54) is 35.5 Å². The van der Waals surface area contributed by atoms with Crippen LogP contribution in [-0.4, -0.2) is 54.7 Å². The minimum atomic E-state index is -4.60. The number of aromatic nitrogens is 2. The van der Waals surface area contributed by atoms with Gasteiger partial charge in [0.15, 0.2) is 5.69 Å². The van der Waals surface area contributed by atoms with Gasteiger partial charge in [0, 0.05) is 25.2 Å². The molecule has 0 aliphatic carbocycles. The zero-order valence-corrected chi connectivity index (χ0v) is 18.8. The highest BCUT2D eigenvalue weighted by Crippen LogP contribution is 2.35. The quantitative estimate of drug-likeness (QED) is 0.626. The van der Waals surface area contributed by atoms with Gasteiger partial charge < -0.3 is 10.1 Å². The van der Waals surface area contributed by atoms with E-state index in [4.69, 9.17) is 4.74 Å². The first-order chi connectivity index (χ1) is 14.5. The summed E-state index contributed by atoms with van der Waals surface area (Å²) in [7, 11) is -3.64. The number of nitrogens with one attached hydrogen (secondary N) is 1. The Kier molecular flexibility index (Phi) is 7.08. The van der Waals surface area contributed by atoms with Crippen LogP contribution in [0.2, 0.25) is 0 Å². The normalized spacial score (nSPS) is 15.8. The Labute approximate surface area is 185 Å². The second-order valence-corrected chi connectivity index (χ2v) is 9.54. The third-order valence-electron chi connectivity index (χ3n) is 4.70. The third-order valence-corrected chi connectivity index (χ3v) is 7.56. The highest BCUT2D eigenvalue weighted by Gasteiger charge is 2.37. The van der Waals surface area contributed by atoms with E-state index in [9.17, 15) is 26.4 Å². The van der Waals surface area contributed by atoms with Gasteiger partial charge in [-0.1, -0.05) is 0 Å². The van der Waals surface area contributed by atoms with Crippen LogP contribution < -0.4 is 5.32 Å². The lowest BCUT2D eigenvalue weighted by molar-refractivity contribution is -0.142. The summed E-state index contributed by atoms with van der Waals surface area (Å²) in [6.07, 6.45) is -4.71. The van der Waals surface area contributed by atoms with Crippen molar-refractivity contribution in [2.24, 2.45) is 0 Å². The second-order valence-electron chi connectivity index (χ2n) is 6.81. The highest BCUT2D eigenvalue weighted by molar-refractivity contribution is 9.10. The van der Waals surface area contributed by atoms with Gasteiger partial charge in [-0.3, -0.25) is 9.48 Å². The fourth-order valence-electron chi connectivity index (χ4n) is 3.00. The van der Waals surface area contributed by atoms with E-state index in [-0.39, 0.29) is 41.1 Å². The molecule has 1 saturated heterocycles. The first-order valence-electron chi connectivity index (χ1n) is 9.28. The summed E-state index contributed by atoms with van der Waals surface area (Å²) in [4.78, 5) is 12.3. The monoisotopic (exact) mass is 524 g/mol. The van der Waals surface area contributed by atoms with E-state index >= 15 is 0 Å². The predicted octanol–water partition coefficient (Wildman–Crippen LogP) is 3.02. The summed E-state index contributed by atoms with van der Waals surface area (Å²) in [5, 5.41) is 6.13. The van der Waals surface area contributed by atoms with Gasteiger partial charge in [-0.15, -0.1) is 0 Å². The molecule has 0 spiro atoms. The zero-order valence-electron chi connectivity index (χ0n) is 16.4. The van der Waals surface area contributed by atoms with Crippen molar-refractivity contribution in [3.8, 4) is 0 Å². The predicted molar refractivity (Wildman–Crippen MR) is 109 cm³/mol. The van der Waals surface area contributed by atoms with Crippen molar-refractivity contribution in [3.63, 3.8) is 0 Å². The summed E-state index contributed by atoms with van der Waals surface area (Å²) < 4.78 is 71.4. The topological polar surface area (TPSA) is 93.5 Å². The number of carbonyl (C=O) groups excluding carboxylic acids is 1. The van der Waals surface area contributed by atoms with Gasteiger partial charge in [0.25, 0.3) is 0 Å². The number of alkyl halides is 3. The fraction of sp³-hybridized carbons (Fsp3) is 0.444. The smallest absolute Gasteiger partial charge is 0.379 e. The van der Waals surface area contributed by atoms with Crippen molar-refractivity contribution < 1.29 is 31.1 Å². The van der Waals surface area contributed by atoms with Gasteiger partial charge in [-0.25, -0.2) is 8.42 Å². The molecule has 1 aromatic carbocycles. The van der Waals surface area contributed by atoms with Crippen molar-refractivity contribution in [1.82, 2.24) is 14.1 Å². The minimum absolute atomic E-state index is 0.0458. The molecule has 1 aromatic heterocycles. The number of amides is 1. The first kappa shape index (κ1) is 23.7. The number of carbonyl (C=O) groups is 1. The highest BCUT2D eigenvalue weighted by atomic mass is 79.9. The number of sulfonamides is 1. The maximum Gasteiger partial charge on any atom is 0.436 e. The molecule has 2 heterocycles. The number of aryl methyl sites for hydroxylation is 1. The molecule has 31 heavy (non-hydrogen) atoms.